The topological polar surface area (TPSA) is 50.4 Å². The lowest BCUT2D eigenvalue weighted by atomic mass is 10.1. The standard InChI is InChI=1S/C20H23FN2O2/c21-17-5-3-4-16(12-17)14-25-18-9-7-15(8-10-18)13-23-19-6-1-2-11-22-20(19)24/h3-5,7-10,12,19,23H,1-2,6,11,13-14H2,(H,22,24)/t19-/m0/s1. The molecular formula is C20H23FN2O2. The number of hydrogen-bond donors (Lipinski definition) is 2. The molecule has 0 aromatic heterocycles. The first-order chi connectivity index (χ1) is 12.2. The van der Waals surface area contributed by atoms with E-state index in [4.69, 9.17) is 4.74 Å². The molecule has 1 aliphatic heterocycles. The highest BCUT2D eigenvalue weighted by Gasteiger charge is 2.19. The van der Waals surface area contributed by atoms with E-state index in [1.807, 2.05) is 30.3 Å². The summed E-state index contributed by atoms with van der Waals surface area (Å²) in [7, 11) is 0. The third-order valence-electron chi connectivity index (χ3n) is 4.31. The van der Waals surface area contributed by atoms with Crippen LogP contribution in [-0.4, -0.2) is 18.5 Å². The normalized spacial score (nSPS) is 17.6. The minimum Gasteiger partial charge on any atom is -0.489 e. The van der Waals surface area contributed by atoms with Crippen molar-refractivity contribution >= 4 is 5.91 Å². The van der Waals surface area contributed by atoms with Crippen LogP contribution in [0.3, 0.4) is 0 Å². The van der Waals surface area contributed by atoms with E-state index in [1.165, 1.54) is 12.1 Å². The zero-order valence-corrected chi connectivity index (χ0v) is 14.1. The average Bonchev–Trinajstić information content (AvgIpc) is 2.83. The smallest absolute Gasteiger partial charge is 0.237 e. The maximum absolute atomic E-state index is 13.1. The molecule has 1 fully saturated rings. The Hall–Kier alpha value is -2.40. The number of halogens is 1. The van der Waals surface area contributed by atoms with Gasteiger partial charge in [-0.3, -0.25) is 4.79 Å². The van der Waals surface area contributed by atoms with E-state index in [-0.39, 0.29) is 17.8 Å². The van der Waals surface area contributed by atoms with E-state index in [0.29, 0.717) is 13.2 Å². The molecule has 3 rings (SSSR count). The second-order valence-electron chi connectivity index (χ2n) is 6.28. The number of carbonyl (C=O) groups is 1. The van der Waals surface area contributed by atoms with Crippen molar-refractivity contribution in [1.82, 2.24) is 10.6 Å². The first-order valence-corrected chi connectivity index (χ1v) is 8.68. The van der Waals surface area contributed by atoms with Gasteiger partial charge in [-0.2, -0.15) is 0 Å². The second-order valence-corrected chi connectivity index (χ2v) is 6.28. The van der Waals surface area contributed by atoms with Gasteiger partial charge in [0.15, 0.2) is 0 Å². The van der Waals surface area contributed by atoms with Gasteiger partial charge in [-0.15, -0.1) is 0 Å². The molecule has 0 spiro atoms. The summed E-state index contributed by atoms with van der Waals surface area (Å²) in [4.78, 5) is 11.9. The molecule has 132 valence electrons. The number of amides is 1. The van der Waals surface area contributed by atoms with Crippen LogP contribution in [-0.2, 0) is 17.9 Å². The monoisotopic (exact) mass is 342 g/mol. The predicted octanol–water partition coefficient (Wildman–Crippen LogP) is 3.16. The summed E-state index contributed by atoms with van der Waals surface area (Å²) in [5, 5.41) is 6.24. The van der Waals surface area contributed by atoms with Gasteiger partial charge in [0.25, 0.3) is 0 Å². The minimum absolute atomic E-state index is 0.0903. The van der Waals surface area contributed by atoms with Crippen LogP contribution in [0.15, 0.2) is 48.5 Å². The van der Waals surface area contributed by atoms with E-state index >= 15 is 0 Å². The van der Waals surface area contributed by atoms with E-state index in [2.05, 4.69) is 10.6 Å². The molecule has 5 heteroatoms. The van der Waals surface area contributed by atoms with Crippen LogP contribution < -0.4 is 15.4 Å². The Morgan fingerprint density at radius 3 is 2.76 bits per heavy atom. The number of benzene rings is 2. The molecule has 4 nitrogen and oxygen atoms in total. The van der Waals surface area contributed by atoms with Gasteiger partial charge in [-0.1, -0.05) is 24.3 Å². The van der Waals surface area contributed by atoms with Crippen molar-refractivity contribution in [3.8, 4) is 5.75 Å². The maximum Gasteiger partial charge on any atom is 0.237 e. The highest BCUT2D eigenvalue weighted by atomic mass is 19.1. The summed E-state index contributed by atoms with van der Waals surface area (Å²) in [5.74, 6) is 0.567. The number of rotatable bonds is 6. The van der Waals surface area contributed by atoms with Crippen LogP contribution in [0.25, 0.3) is 0 Å². The van der Waals surface area contributed by atoms with Crippen LogP contribution in [0, 0.1) is 5.82 Å². The molecule has 1 atom stereocenters. The fraction of sp³-hybridized carbons (Fsp3) is 0.350. The van der Waals surface area contributed by atoms with Crippen molar-refractivity contribution in [2.45, 2.75) is 38.5 Å². The second kappa shape index (κ2) is 8.62. The SMILES string of the molecule is O=C1NCCCC[C@@H]1NCc1ccc(OCc2cccc(F)c2)cc1. The lowest BCUT2D eigenvalue weighted by Crippen LogP contribution is -2.42. The zero-order valence-electron chi connectivity index (χ0n) is 14.1. The summed E-state index contributed by atoms with van der Waals surface area (Å²) in [6, 6.07) is 14.0. The molecule has 2 aromatic carbocycles. The van der Waals surface area contributed by atoms with E-state index in [1.54, 1.807) is 6.07 Å². The quantitative estimate of drug-likeness (QED) is 0.848. The third kappa shape index (κ3) is 5.29. The maximum atomic E-state index is 13.1. The lowest BCUT2D eigenvalue weighted by Gasteiger charge is -2.15. The minimum atomic E-state index is -0.259. The Bertz CT molecular complexity index is 703. The van der Waals surface area contributed by atoms with Crippen LogP contribution in [0.4, 0.5) is 4.39 Å². The average molecular weight is 342 g/mol. The highest BCUT2D eigenvalue weighted by Crippen LogP contribution is 2.15. The summed E-state index contributed by atoms with van der Waals surface area (Å²) in [5.41, 5.74) is 1.89. The highest BCUT2D eigenvalue weighted by molar-refractivity contribution is 5.81. The Morgan fingerprint density at radius 2 is 1.96 bits per heavy atom. The molecule has 1 heterocycles. The van der Waals surface area contributed by atoms with Gasteiger partial charge in [0.05, 0.1) is 6.04 Å². The summed E-state index contributed by atoms with van der Waals surface area (Å²) >= 11 is 0. The first kappa shape index (κ1) is 17.4. The van der Waals surface area contributed by atoms with Crippen molar-refractivity contribution in [1.29, 1.82) is 0 Å². The molecule has 0 saturated carbocycles. The largest absolute Gasteiger partial charge is 0.489 e. The summed E-state index contributed by atoms with van der Waals surface area (Å²) in [6.07, 6.45) is 2.98. The molecule has 0 unspecified atom stereocenters. The Balaban J connectivity index is 1.49. The van der Waals surface area contributed by atoms with Crippen molar-refractivity contribution in [3.63, 3.8) is 0 Å². The van der Waals surface area contributed by atoms with Crippen LogP contribution in [0.1, 0.15) is 30.4 Å². The Morgan fingerprint density at radius 1 is 1.12 bits per heavy atom. The third-order valence-corrected chi connectivity index (χ3v) is 4.31. The van der Waals surface area contributed by atoms with Crippen molar-refractivity contribution in [2.24, 2.45) is 0 Å². The number of nitrogens with one attached hydrogen (secondary N) is 2. The van der Waals surface area contributed by atoms with Gasteiger partial charge in [-0.05, 0) is 54.7 Å². The van der Waals surface area contributed by atoms with Gasteiger partial charge in [0.1, 0.15) is 18.2 Å². The molecule has 2 aromatic rings. The van der Waals surface area contributed by atoms with E-state index in [0.717, 1.165) is 42.7 Å². The van der Waals surface area contributed by atoms with Gasteiger partial charge in [0, 0.05) is 13.1 Å². The molecule has 2 N–H and O–H groups in total. The lowest BCUT2D eigenvalue weighted by molar-refractivity contribution is -0.122. The molecule has 1 saturated heterocycles. The molecule has 1 aliphatic rings. The van der Waals surface area contributed by atoms with Crippen molar-refractivity contribution in [3.05, 3.63) is 65.5 Å². The van der Waals surface area contributed by atoms with Gasteiger partial charge in [-0.25, -0.2) is 4.39 Å². The van der Waals surface area contributed by atoms with Gasteiger partial charge < -0.3 is 15.4 Å². The molecule has 0 aliphatic carbocycles. The first-order valence-electron chi connectivity index (χ1n) is 8.68. The van der Waals surface area contributed by atoms with Crippen LogP contribution >= 0.6 is 0 Å². The molecule has 0 radical (unpaired) electrons. The number of hydrogen-bond acceptors (Lipinski definition) is 3. The Labute approximate surface area is 147 Å². The van der Waals surface area contributed by atoms with Gasteiger partial charge >= 0.3 is 0 Å². The molecule has 1 amide bonds. The van der Waals surface area contributed by atoms with E-state index in [9.17, 15) is 9.18 Å². The number of carbonyl (C=O) groups excluding carboxylic acids is 1. The van der Waals surface area contributed by atoms with Crippen LogP contribution in [0.2, 0.25) is 0 Å². The van der Waals surface area contributed by atoms with Crippen molar-refractivity contribution in [2.75, 3.05) is 6.54 Å². The Kier molecular flexibility index (Phi) is 6.01. The van der Waals surface area contributed by atoms with Crippen LogP contribution in [0.5, 0.6) is 5.75 Å². The summed E-state index contributed by atoms with van der Waals surface area (Å²) < 4.78 is 18.8. The number of ether oxygens (including phenoxy) is 1. The fourth-order valence-corrected chi connectivity index (χ4v) is 2.87. The summed E-state index contributed by atoms with van der Waals surface area (Å²) in [6.45, 7) is 1.74. The predicted molar refractivity (Wildman–Crippen MR) is 94.7 cm³/mol. The molecular weight excluding hydrogens is 319 g/mol. The van der Waals surface area contributed by atoms with Crippen molar-refractivity contribution < 1.29 is 13.9 Å². The van der Waals surface area contributed by atoms with E-state index < -0.39 is 0 Å². The fourth-order valence-electron chi connectivity index (χ4n) is 2.87. The molecule has 25 heavy (non-hydrogen) atoms. The van der Waals surface area contributed by atoms with Gasteiger partial charge in [0.2, 0.25) is 5.91 Å². The zero-order chi connectivity index (χ0) is 17.5. The molecule has 0 bridgehead atoms.